The van der Waals surface area contributed by atoms with Crippen LogP contribution in [0, 0.1) is 17.8 Å². The van der Waals surface area contributed by atoms with E-state index in [-0.39, 0.29) is 11.8 Å². The fraction of sp³-hybridized carbons (Fsp3) is 0.625. The Kier molecular flexibility index (Phi) is 1.46. The van der Waals surface area contributed by atoms with Gasteiger partial charge in [-0.3, -0.25) is 10.2 Å². The lowest BCUT2D eigenvalue weighted by atomic mass is 10.1. The number of nitrogens with one attached hydrogen (secondary N) is 1. The van der Waals surface area contributed by atoms with Gasteiger partial charge in [0.15, 0.2) is 0 Å². The van der Waals surface area contributed by atoms with Crippen LogP contribution in [0.15, 0.2) is 12.2 Å². The highest BCUT2D eigenvalue weighted by molar-refractivity contribution is 5.81. The number of fused-ring (bicyclic) bond motifs is 1. The molecule has 2 rings (SSSR count). The largest absolute Gasteiger partial charge is 0.294 e. The number of hydrogen-bond donors (Lipinski definition) is 2. The molecule has 2 aliphatic rings. The second-order valence-electron chi connectivity index (χ2n) is 3.30. The molecule has 1 unspecified atom stereocenters. The first kappa shape index (κ1) is 6.85. The molecule has 1 amide bonds. The molecule has 11 heavy (non-hydrogen) atoms. The van der Waals surface area contributed by atoms with Gasteiger partial charge in [-0.2, -0.15) is 0 Å². The van der Waals surface area contributed by atoms with Crippen LogP contribution >= 0.6 is 0 Å². The Bertz CT molecular complexity index is 198. The molecule has 3 heteroatoms. The molecule has 3 N–H and O–H groups in total. The SMILES string of the molecule is NNC(=O)C1[C@H]2CC=CC[C@@H]12. The van der Waals surface area contributed by atoms with E-state index in [1.54, 1.807) is 0 Å². The predicted octanol–water partition coefficient (Wildman–Crippen LogP) is 0.188. The van der Waals surface area contributed by atoms with Crippen LogP contribution in [-0.2, 0) is 4.79 Å². The fourth-order valence-corrected chi connectivity index (χ4v) is 2.08. The van der Waals surface area contributed by atoms with Gasteiger partial charge < -0.3 is 0 Å². The van der Waals surface area contributed by atoms with Crippen LogP contribution in [0.25, 0.3) is 0 Å². The van der Waals surface area contributed by atoms with Gasteiger partial charge >= 0.3 is 0 Å². The first-order valence-electron chi connectivity index (χ1n) is 4.00. The second-order valence-corrected chi connectivity index (χ2v) is 3.30. The van der Waals surface area contributed by atoms with E-state index in [2.05, 4.69) is 17.6 Å². The smallest absolute Gasteiger partial charge is 0.237 e. The lowest BCUT2D eigenvalue weighted by Crippen LogP contribution is -2.32. The van der Waals surface area contributed by atoms with E-state index in [0.29, 0.717) is 11.8 Å². The fourth-order valence-electron chi connectivity index (χ4n) is 2.08. The lowest BCUT2D eigenvalue weighted by molar-refractivity contribution is -0.122. The molecule has 60 valence electrons. The zero-order valence-corrected chi connectivity index (χ0v) is 6.29. The van der Waals surface area contributed by atoms with E-state index in [9.17, 15) is 4.79 Å². The van der Waals surface area contributed by atoms with Gasteiger partial charge in [0.05, 0.1) is 0 Å². The van der Waals surface area contributed by atoms with Crippen molar-refractivity contribution in [2.45, 2.75) is 12.8 Å². The van der Waals surface area contributed by atoms with Crippen molar-refractivity contribution < 1.29 is 4.79 Å². The molecule has 0 aromatic heterocycles. The van der Waals surface area contributed by atoms with Crippen molar-refractivity contribution in [1.82, 2.24) is 5.43 Å². The molecule has 0 bridgehead atoms. The lowest BCUT2D eigenvalue weighted by Gasteiger charge is -1.96. The van der Waals surface area contributed by atoms with Crippen molar-refractivity contribution in [1.29, 1.82) is 0 Å². The molecule has 0 saturated heterocycles. The molecular formula is C8H12N2O. The molecule has 2 aliphatic carbocycles. The summed E-state index contributed by atoms with van der Waals surface area (Å²) in [5.41, 5.74) is 2.22. The van der Waals surface area contributed by atoms with Gasteiger partial charge in [0, 0.05) is 5.92 Å². The highest BCUT2D eigenvalue weighted by Crippen LogP contribution is 2.53. The Hall–Kier alpha value is -0.830. The third kappa shape index (κ3) is 0.959. The summed E-state index contributed by atoms with van der Waals surface area (Å²) < 4.78 is 0. The third-order valence-corrected chi connectivity index (χ3v) is 2.76. The first-order valence-corrected chi connectivity index (χ1v) is 4.00. The third-order valence-electron chi connectivity index (χ3n) is 2.76. The van der Waals surface area contributed by atoms with Crippen LogP contribution in [0.5, 0.6) is 0 Å². The topological polar surface area (TPSA) is 55.1 Å². The molecule has 0 radical (unpaired) electrons. The summed E-state index contributed by atoms with van der Waals surface area (Å²) in [6.07, 6.45) is 6.43. The molecule has 0 aromatic rings. The molecule has 0 heterocycles. The summed E-state index contributed by atoms with van der Waals surface area (Å²) in [5.74, 6) is 6.44. The summed E-state index contributed by atoms with van der Waals surface area (Å²) >= 11 is 0. The maximum Gasteiger partial charge on any atom is 0.237 e. The maximum atomic E-state index is 11.1. The first-order chi connectivity index (χ1) is 5.34. The van der Waals surface area contributed by atoms with E-state index in [1.807, 2.05) is 0 Å². The van der Waals surface area contributed by atoms with E-state index in [1.165, 1.54) is 0 Å². The van der Waals surface area contributed by atoms with Gasteiger partial charge in [-0.15, -0.1) is 0 Å². The molecule has 0 aromatic carbocycles. The van der Waals surface area contributed by atoms with Crippen molar-refractivity contribution in [3.8, 4) is 0 Å². The summed E-state index contributed by atoms with van der Waals surface area (Å²) in [7, 11) is 0. The average molecular weight is 152 g/mol. The Morgan fingerprint density at radius 3 is 2.36 bits per heavy atom. The van der Waals surface area contributed by atoms with Crippen LogP contribution in [0.2, 0.25) is 0 Å². The summed E-state index contributed by atoms with van der Waals surface area (Å²) in [4.78, 5) is 11.1. The quantitative estimate of drug-likeness (QED) is 0.244. The van der Waals surface area contributed by atoms with E-state index < -0.39 is 0 Å². The van der Waals surface area contributed by atoms with Crippen molar-refractivity contribution in [2.24, 2.45) is 23.6 Å². The predicted molar refractivity (Wildman–Crippen MR) is 41.2 cm³/mol. The Labute approximate surface area is 65.6 Å². The van der Waals surface area contributed by atoms with Gasteiger partial charge in [0.2, 0.25) is 5.91 Å². The molecule has 3 nitrogen and oxygen atoms in total. The van der Waals surface area contributed by atoms with Crippen LogP contribution < -0.4 is 11.3 Å². The number of carbonyl (C=O) groups excluding carboxylic acids is 1. The van der Waals surface area contributed by atoms with Gasteiger partial charge in [-0.1, -0.05) is 12.2 Å². The second kappa shape index (κ2) is 2.34. The highest BCUT2D eigenvalue weighted by Gasteiger charge is 2.53. The highest BCUT2D eigenvalue weighted by atomic mass is 16.2. The standard InChI is InChI=1S/C8H12N2O/c9-10-8(11)7-5-3-1-2-4-6(5)7/h1-2,5-7H,3-4,9H2,(H,10,11)/t5-,6+,7?. The summed E-state index contributed by atoms with van der Waals surface area (Å²) in [5, 5.41) is 0. The van der Waals surface area contributed by atoms with Crippen molar-refractivity contribution >= 4 is 5.91 Å². The normalized spacial score (nSPS) is 39.5. The maximum absolute atomic E-state index is 11.1. The number of amides is 1. The zero-order chi connectivity index (χ0) is 7.84. The molecule has 0 spiro atoms. The van der Waals surface area contributed by atoms with Gasteiger partial charge in [-0.05, 0) is 24.7 Å². The molecule has 1 fully saturated rings. The summed E-state index contributed by atoms with van der Waals surface area (Å²) in [6, 6.07) is 0. The van der Waals surface area contributed by atoms with Gasteiger partial charge in [0.25, 0.3) is 0 Å². The number of carbonyl (C=O) groups is 1. The van der Waals surface area contributed by atoms with Crippen molar-refractivity contribution in [2.75, 3.05) is 0 Å². The van der Waals surface area contributed by atoms with Gasteiger partial charge in [0.1, 0.15) is 0 Å². The molecule has 1 saturated carbocycles. The Balaban J connectivity index is 1.98. The van der Waals surface area contributed by atoms with E-state index in [0.717, 1.165) is 12.8 Å². The monoisotopic (exact) mass is 152 g/mol. The Morgan fingerprint density at radius 1 is 1.36 bits per heavy atom. The molecule has 0 aliphatic heterocycles. The van der Waals surface area contributed by atoms with Crippen LogP contribution in [0.3, 0.4) is 0 Å². The number of rotatable bonds is 1. The minimum absolute atomic E-state index is 0.0173. The number of hydrogen-bond acceptors (Lipinski definition) is 2. The average Bonchev–Trinajstić information content (AvgIpc) is 2.77. The summed E-state index contributed by atoms with van der Waals surface area (Å²) in [6.45, 7) is 0. The van der Waals surface area contributed by atoms with Crippen LogP contribution in [0.1, 0.15) is 12.8 Å². The Morgan fingerprint density at radius 2 is 1.91 bits per heavy atom. The molecular weight excluding hydrogens is 140 g/mol. The minimum atomic E-state index is 0.0173. The molecule has 3 atom stereocenters. The zero-order valence-electron chi connectivity index (χ0n) is 6.29. The number of allylic oxidation sites excluding steroid dienone is 2. The number of nitrogens with two attached hydrogens (primary N) is 1. The van der Waals surface area contributed by atoms with Crippen LogP contribution in [0.4, 0.5) is 0 Å². The van der Waals surface area contributed by atoms with Crippen molar-refractivity contribution in [3.63, 3.8) is 0 Å². The van der Waals surface area contributed by atoms with Gasteiger partial charge in [-0.25, -0.2) is 5.84 Å². The van der Waals surface area contributed by atoms with E-state index >= 15 is 0 Å². The van der Waals surface area contributed by atoms with E-state index in [4.69, 9.17) is 5.84 Å². The van der Waals surface area contributed by atoms with Crippen molar-refractivity contribution in [3.05, 3.63) is 12.2 Å². The van der Waals surface area contributed by atoms with Crippen LogP contribution in [-0.4, -0.2) is 5.91 Å². The number of hydrazine groups is 1. The minimum Gasteiger partial charge on any atom is -0.294 e.